The Bertz CT molecular complexity index is 536. The Kier molecular flexibility index (Phi) is 6.44. The lowest BCUT2D eigenvalue weighted by Gasteiger charge is -2.22. The molecular formula is C19H24O3. The molecule has 0 fully saturated rings. The average molecular weight is 300 g/mol. The van der Waals surface area contributed by atoms with Crippen molar-refractivity contribution in [3.8, 4) is 5.75 Å². The maximum Gasteiger partial charge on any atom is 0.118 e. The van der Waals surface area contributed by atoms with Crippen LogP contribution in [0.3, 0.4) is 0 Å². The van der Waals surface area contributed by atoms with Crippen molar-refractivity contribution >= 4 is 0 Å². The molecule has 0 aliphatic carbocycles. The van der Waals surface area contributed by atoms with Gasteiger partial charge in [0.2, 0.25) is 0 Å². The predicted molar refractivity (Wildman–Crippen MR) is 88.0 cm³/mol. The summed E-state index contributed by atoms with van der Waals surface area (Å²) < 4.78 is 11.1. The van der Waals surface area contributed by atoms with Gasteiger partial charge in [-0.3, -0.25) is 0 Å². The highest BCUT2D eigenvalue weighted by molar-refractivity contribution is 5.26. The quantitative estimate of drug-likeness (QED) is 0.811. The zero-order valence-corrected chi connectivity index (χ0v) is 13.2. The van der Waals surface area contributed by atoms with Crippen molar-refractivity contribution in [1.82, 2.24) is 0 Å². The number of hydrogen-bond donors (Lipinski definition) is 1. The SMILES string of the molecule is COc1ccc(COC(C)C(CO)Cc2ccccc2)cc1. The molecule has 0 aliphatic rings. The van der Waals surface area contributed by atoms with Crippen molar-refractivity contribution in [1.29, 1.82) is 0 Å². The molecule has 2 aromatic carbocycles. The summed E-state index contributed by atoms with van der Waals surface area (Å²) in [6.07, 6.45) is 0.813. The van der Waals surface area contributed by atoms with Crippen molar-refractivity contribution in [3.05, 3.63) is 65.7 Å². The fraction of sp³-hybridized carbons (Fsp3) is 0.368. The molecule has 2 atom stereocenters. The number of benzene rings is 2. The van der Waals surface area contributed by atoms with Crippen LogP contribution in [-0.4, -0.2) is 24.9 Å². The van der Waals surface area contributed by atoms with Gasteiger partial charge in [0.05, 0.1) is 19.8 Å². The van der Waals surface area contributed by atoms with E-state index in [0.717, 1.165) is 17.7 Å². The van der Waals surface area contributed by atoms with E-state index in [1.807, 2.05) is 49.4 Å². The maximum absolute atomic E-state index is 9.63. The van der Waals surface area contributed by atoms with Crippen molar-refractivity contribution in [2.24, 2.45) is 5.92 Å². The Hall–Kier alpha value is -1.84. The summed E-state index contributed by atoms with van der Waals surface area (Å²) in [5.41, 5.74) is 2.32. The normalized spacial score (nSPS) is 13.6. The van der Waals surface area contributed by atoms with Crippen molar-refractivity contribution < 1.29 is 14.6 Å². The molecule has 0 heterocycles. The standard InChI is InChI=1S/C19H24O3/c1-15(18(13-20)12-16-6-4-3-5-7-16)22-14-17-8-10-19(21-2)11-9-17/h3-11,15,18,20H,12-14H2,1-2H3. The first-order valence-corrected chi connectivity index (χ1v) is 7.62. The summed E-state index contributed by atoms with van der Waals surface area (Å²) in [4.78, 5) is 0. The van der Waals surface area contributed by atoms with Gasteiger partial charge in [-0.25, -0.2) is 0 Å². The zero-order valence-electron chi connectivity index (χ0n) is 13.2. The van der Waals surface area contributed by atoms with Crippen LogP contribution < -0.4 is 4.74 Å². The second-order valence-corrected chi connectivity index (χ2v) is 5.50. The third-order valence-electron chi connectivity index (χ3n) is 3.91. The maximum atomic E-state index is 9.63. The highest BCUT2D eigenvalue weighted by atomic mass is 16.5. The minimum Gasteiger partial charge on any atom is -0.497 e. The van der Waals surface area contributed by atoms with E-state index in [-0.39, 0.29) is 18.6 Å². The molecule has 2 rings (SSSR count). The molecule has 22 heavy (non-hydrogen) atoms. The van der Waals surface area contributed by atoms with Crippen LogP contribution >= 0.6 is 0 Å². The van der Waals surface area contributed by atoms with Crippen LogP contribution in [0.2, 0.25) is 0 Å². The number of methoxy groups -OCH3 is 1. The van der Waals surface area contributed by atoms with Crippen LogP contribution in [0.15, 0.2) is 54.6 Å². The van der Waals surface area contributed by atoms with Crippen LogP contribution in [0, 0.1) is 5.92 Å². The third-order valence-corrected chi connectivity index (χ3v) is 3.91. The molecule has 3 nitrogen and oxygen atoms in total. The van der Waals surface area contributed by atoms with Gasteiger partial charge in [0.1, 0.15) is 5.75 Å². The van der Waals surface area contributed by atoms with Gasteiger partial charge >= 0.3 is 0 Å². The van der Waals surface area contributed by atoms with Crippen molar-refractivity contribution in [2.45, 2.75) is 26.1 Å². The van der Waals surface area contributed by atoms with Gasteiger partial charge in [0.25, 0.3) is 0 Å². The van der Waals surface area contributed by atoms with Gasteiger partial charge in [-0.2, -0.15) is 0 Å². The first kappa shape index (κ1) is 16.5. The Morgan fingerprint density at radius 1 is 0.955 bits per heavy atom. The van der Waals surface area contributed by atoms with E-state index in [2.05, 4.69) is 12.1 Å². The molecule has 0 aliphatic heterocycles. The highest BCUT2D eigenvalue weighted by Crippen LogP contribution is 2.17. The van der Waals surface area contributed by atoms with Crippen molar-refractivity contribution in [3.63, 3.8) is 0 Å². The number of ether oxygens (including phenoxy) is 2. The third kappa shape index (κ3) is 4.86. The van der Waals surface area contributed by atoms with E-state index in [9.17, 15) is 5.11 Å². The summed E-state index contributed by atoms with van der Waals surface area (Å²) in [5.74, 6) is 0.940. The Balaban J connectivity index is 1.87. The Morgan fingerprint density at radius 3 is 2.23 bits per heavy atom. The summed E-state index contributed by atoms with van der Waals surface area (Å²) in [5, 5.41) is 9.63. The molecule has 0 bridgehead atoms. The molecule has 118 valence electrons. The van der Waals surface area contributed by atoms with E-state index < -0.39 is 0 Å². The first-order chi connectivity index (χ1) is 10.7. The minimum absolute atomic E-state index is 0.00712. The van der Waals surface area contributed by atoms with E-state index in [1.54, 1.807) is 7.11 Å². The molecule has 0 amide bonds. The van der Waals surface area contributed by atoms with E-state index >= 15 is 0 Å². The Morgan fingerprint density at radius 2 is 1.64 bits per heavy atom. The molecule has 2 aromatic rings. The van der Waals surface area contributed by atoms with Gasteiger partial charge in [0, 0.05) is 12.5 Å². The van der Waals surface area contributed by atoms with E-state index in [4.69, 9.17) is 9.47 Å². The van der Waals surface area contributed by atoms with Gasteiger partial charge in [-0.15, -0.1) is 0 Å². The largest absolute Gasteiger partial charge is 0.497 e. The first-order valence-electron chi connectivity index (χ1n) is 7.62. The smallest absolute Gasteiger partial charge is 0.118 e. The summed E-state index contributed by atoms with van der Waals surface area (Å²) in [6, 6.07) is 18.1. The fourth-order valence-corrected chi connectivity index (χ4v) is 2.38. The lowest BCUT2D eigenvalue weighted by Crippen LogP contribution is -2.26. The molecule has 3 heteroatoms. The fourth-order valence-electron chi connectivity index (χ4n) is 2.38. The highest BCUT2D eigenvalue weighted by Gasteiger charge is 2.17. The topological polar surface area (TPSA) is 38.7 Å². The predicted octanol–water partition coefficient (Wildman–Crippen LogP) is 3.45. The van der Waals surface area contributed by atoms with Gasteiger partial charge < -0.3 is 14.6 Å². The van der Waals surface area contributed by atoms with Gasteiger partial charge in [-0.1, -0.05) is 42.5 Å². The molecule has 0 radical (unpaired) electrons. The summed E-state index contributed by atoms with van der Waals surface area (Å²) >= 11 is 0. The summed E-state index contributed by atoms with van der Waals surface area (Å²) in [6.45, 7) is 2.68. The molecule has 0 spiro atoms. The number of aliphatic hydroxyl groups is 1. The van der Waals surface area contributed by atoms with Crippen LogP contribution in [0.25, 0.3) is 0 Å². The molecule has 0 saturated carbocycles. The number of rotatable bonds is 8. The van der Waals surface area contributed by atoms with Gasteiger partial charge in [-0.05, 0) is 36.6 Å². The number of hydrogen-bond acceptors (Lipinski definition) is 3. The minimum atomic E-state index is -0.00712. The zero-order chi connectivity index (χ0) is 15.8. The molecule has 0 aromatic heterocycles. The van der Waals surface area contributed by atoms with Gasteiger partial charge in [0.15, 0.2) is 0 Å². The lowest BCUT2D eigenvalue weighted by atomic mass is 9.95. The number of aliphatic hydroxyl groups excluding tert-OH is 1. The molecule has 1 N–H and O–H groups in total. The second kappa shape index (κ2) is 8.57. The van der Waals surface area contributed by atoms with Crippen molar-refractivity contribution in [2.75, 3.05) is 13.7 Å². The average Bonchev–Trinajstić information content (AvgIpc) is 2.59. The second-order valence-electron chi connectivity index (χ2n) is 5.50. The summed E-state index contributed by atoms with van der Waals surface area (Å²) in [7, 11) is 1.66. The monoisotopic (exact) mass is 300 g/mol. The Labute approximate surface area is 132 Å². The molecule has 2 unspecified atom stereocenters. The van der Waals surface area contributed by atoms with Crippen LogP contribution in [0.1, 0.15) is 18.1 Å². The molecule has 0 saturated heterocycles. The van der Waals surface area contributed by atoms with Crippen LogP contribution in [-0.2, 0) is 17.8 Å². The lowest BCUT2D eigenvalue weighted by molar-refractivity contribution is -0.00458. The van der Waals surface area contributed by atoms with E-state index in [1.165, 1.54) is 5.56 Å². The van der Waals surface area contributed by atoms with Crippen LogP contribution in [0.5, 0.6) is 5.75 Å². The van der Waals surface area contributed by atoms with Crippen LogP contribution in [0.4, 0.5) is 0 Å². The van der Waals surface area contributed by atoms with E-state index in [0.29, 0.717) is 6.61 Å². The molecular weight excluding hydrogens is 276 g/mol.